The number of amides is 1. The summed E-state index contributed by atoms with van der Waals surface area (Å²) in [4.78, 5) is 11.7. The number of benzene rings is 2. The fourth-order valence-electron chi connectivity index (χ4n) is 4.90. The quantitative estimate of drug-likeness (QED) is 0.726. The highest BCUT2D eigenvalue weighted by atomic mass is 16.3. The van der Waals surface area contributed by atoms with Gasteiger partial charge in [0.1, 0.15) is 0 Å². The van der Waals surface area contributed by atoms with E-state index in [2.05, 4.69) is 6.07 Å². The van der Waals surface area contributed by atoms with E-state index in [-0.39, 0.29) is 0 Å². The molecular formula is C22H22N2O2. The fourth-order valence-corrected chi connectivity index (χ4v) is 4.90. The third-order valence-electron chi connectivity index (χ3n) is 6.08. The van der Waals surface area contributed by atoms with Gasteiger partial charge in [-0.05, 0) is 36.5 Å². The molecule has 0 bridgehead atoms. The van der Waals surface area contributed by atoms with Crippen molar-refractivity contribution in [1.82, 2.24) is 4.57 Å². The van der Waals surface area contributed by atoms with Crippen molar-refractivity contribution in [2.75, 3.05) is 0 Å². The third-order valence-corrected chi connectivity index (χ3v) is 6.08. The molecule has 3 N–H and O–H groups in total. The molecule has 1 atom stereocenters. The smallest absolute Gasteiger partial charge is 0.248 e. The highest BCUT2D eigenvalue weighted by Crippen LogP contribution is 2.50. The Labute approximate surface area is 152 Å². The number of fused-ring (bicyclic) bond motifs is 5. The molecule has 2 aromatic carbocycles. The number of hydrogen-bond donors (Lipinski definition) is 2. The molecule has 1 fully saturated rings. The van der Waals surface area contributed by atoms with Crippen LogP contribution in [0.2, 0.25) is 0 Å². The van der Waals surface area contributed by atoms with Gasteiger partial charge in [0.25, 0.3) is 0 Å². The Morgan fingerprint density at radius 3 is 2.62 bits per heavy atom. The predicted molar refractivity (Wildman–Crippen MR) is 102 cm³/mol. The van der Waals surface area contributed by atoms with Crippen LogP contribution in [0.4, 0.5) is 0 Å². The molecule has 132 valence electrons. The van der Waals surface area contributed by atoms with E-state index in [1.165, 1.54) is 37.7 Å². The Balaban J connectivity index is 1.85. The largest absolute Gasteiger partial charge is 0.369 e. The van der Waals surface area contributed by atoms with Crippen molar-refractivity contribution in [3.63, 3.8) is 0 Å². The molecule has 4 heteroatoms. The SMILES string of the molecule is NC(=O)c1ccc2c(C3CCCCC3)c3n(c2c1)C(O)c1ccccc1-3. The van der Waals surface area contributed by atoms with E-state index < -0.39 is 12.1 Å². The highest BCUT2D eigenvalue weighted by molar-refractivity contribution is 6.01. The van der Waals surface area contributed by atoms with E-state index in [1.54, 1.807) is 0 Å². The van der Waals surface area contributed by atoms with Crippen LogP contribution < -0.4 is 5.73 Å². The number of carbonyl (C=O) groups excluding carboxylic acids is 1. The van der Waals surface area contributed by atoms with E-state index in [4.69, 9.17) is 5.73 Å². The Kier molecular flexibility index (Phi) is 3.44. The van der Waals surface area contributed by atoms with Crippen molar-refractivity contribution < 1.29 is 9.90 Å². The zero-order valence-corrected chi connectivity index (χ0v) is 14.6. The van der Waals surface area contributed by atoms with Gasteiger partial charge in [0.2, 0.25) is 5.91 Å². The van der Waals surface area contributed by atoms with Crippen molar-refractivity contribution >= 4 is 16.8 Å². The van der Waals surface area contributed by atoms with Crippen LogP contribution in [-0.2, 0) is 0 Å². The standard InChI is InChI=1S/C22H22N2O2/c23-21(25)14-10-11-17-18(12-14)24-20(19(17)13-6-2-1-3-7-13)15-8-4-5-9-16(15)22(24)26/h4-5,8-13,22,26H,1-3,6-7H2,(H2,23,25). The van der Waals surface area contributed by atoms with Gasteiger partial charge in [0.15, 0.2) is 6.23 Å². The minimum atomic E-state index is -0.718. The van der Waals surface area contributed by atoms with Crippen molar-refractivity contribution in [3.8, 4) is 11.3 Å². The molecule has 26 heavy (non-hydrogen) atoms. The predicted octanol–water partition coefficient (Wildman–Crippen LogP) is 4.31. The van der Waals surface area contributed by atoms with Gasteiger partial charge in [-0.15, -0.1) is 0 Å². The summed E-state index contributed by atoms with van der Waals surface area (Å²) in [5, 5.41) is 12.2. The summed E-state index contributed by atoms with van der Waals surface area (Å²) in [5.41, 5.74) is 11.4. The van der Waals surface area contributed by atoms with Gasteiger partial charge < -0.3 is 15.4 Å². The lowest BCUT2D eigenvalue weighted by molar-refractivity contribution is 0.1000. The molecule has 2 heterocycles. The summed E-state index contributed by atoms with van der Waals surface area (Å²) >= 11 is 0. The zero-order chi connectivity index (χ0) is 17.8. The van der Waals surface area contributed by atoms with Gasteiger partial charge in [-0.2, -0.15) is 0 Å². The number of primary amides is 1. The van der Waals surface area contributed by atoms with Crippen LogP contribution in [0.15, 0.2) is 42.5 Å². The van der Waals surface area contributed by atoms with Crippen molar-refractivity contribution in [2.24, 2.45) is 5.73 Å². The first-order valence-electron chi connectivity index (χ1n) is 9.42. The lowest BCUT2D eigenvalue weighted by atomic mass is 9.81. The Hall–Kier alpha value is -2.59. The maximum absolute atomic E-state index is 11.7. The second kappa shape index (κ2) is 5.71. The molecule has 0 spiro atoms. The summed E-state index contributed by atoms with van der Waals surface area (Å²) in [6.45, 7) is 0. The van der Waals surface area contributed by atoms with Gasteiger partial charge in [0.05, 0.1) is 11.2 Å². The van der Waals surface area contributed by atoms with Gasteiger partial charge >= 0.3 is 0 Å². The van der Waals surface area contributed by atoms with Crippen molar-refractivity contribution in [2.45, 2.75) is 44.2 Å². The van der Waals surface area contributed by atoms with Crippen LogP contribution in [0.3, 0.4) is 0 Å². The van der Waals surface area contributed by atoms with Crippen molar-refractivity contribution in [1.29, 1.82) is 0 Å². The summed E-state index contributed by atoms with van der Waals surface area (Å²) in [6, 6.07) is 13.7. The Bertz CT molecular complexity index is 1030. The van der Waals surface area contributed by atoms with Gasteiger partial charge in [-0.3, -0.25) is 4.79 Å². The highest BCUT2D eigenvalue weighted by Gasteiger charge is 2.35. The first kappa shape index (κ1) is 15.6. The van der Waals surface area contributed by atoms with Gasteiger partial charge in [0, 0.05) is 22.1 Å². The molecule has 1 aliphatic heterocycles. The Morgan fingerprint density at radius 2 is 1.85 bits per heavy atom. The molecule has 1 saturated carbocycles. The number of aliphatic hydroxyl groups excluding tert-OH is 1. The molecule has 2 aliphatic rings. The molecular weight excluding hydrogens is 324 g/mol. The van der Waals surface area contributed by atoms with E-state index >= 15 is 0 Å². The minimum absolute atomic E-state index is 0.438. The van der Waals surface area contributed by atoms with Gasteiger partial charge in [-0.1, -0.05) is 49.6 Å². The maximum atomic E-state index is 11.7. The summed E-state index contributed by atoms with van der Waals surface area (Å²) in [5.74, 6) is 0.0620. The van der Waals surface area contributed by atoms with E-state index in [0.29, 0.717) is 11.5 Å². The van der Waals surface area contributed by atoms with Crippen LogP contribution in [-0.4, -0.2) is 15.6 Å². The monoisotopic (exact) mass is 346 g/mol. The number of nitrogens with two attached hydrogens (primary N) is 1. The van der Waals surface area contributed by atoms with Gasteiger partial charge in [-0.25, -0.2) is 0 Å². The number of nitrogens with zero attached hydrogens (tertiary/aromatic N) is 1. The topological polar surface area (TPSA) is 68.2 Å². The molecule has 0 saturated heterocycles. The maximum Gasteiger partial charge on any atom is 0.248 e. The summed E-state index contributed by atoms with van der Waals surface area (Å²) < 4.78 is 2.00. The van der Waals surface area contributed by atoms with Crippen LogP contribution in [0, 0.1) is 0 Å². The zero-order valence-electron chi connectivity index (χ0n) is 14.6. The molecule has 0 radical (unpaired) electrons. The van der Waals surface area contributed by atoms with E-state index in [1.807, 2.05) is 41.0 Å². The number of hydrogen-bond acceptors (Lipinski definition) is 2. The number of carbonyl (C=O) groups is 1. The first-order valence-corrected chi connectivity index (χ1v) is 9.42. The fraction of sp³-hybridized carbons (Fsp3) is 0.318. The molecule has 1 aliphatic carbocycles. The van der Waals surface area contributed by atoms with Crippen LogP contribution in [0.25, 0.3) is 22.2 Å². The lowest BCUT2D eigenvalue weighted by Gasteiger charge is -2.23. The van der Waals surface area contributed by atoms with E-state index in [9.17, 15) is 9.90 Å². The first-order chi connectivity index (χ1) is 12.7. The second-order valence-electron chi connectivity index (χ2n) is 7.52. The third kappa shape index (κ3) is 2.08. The van der Waals surface area contributed by atoms with Crippen molar-refractivity contribution in [3.05, 3.63) is 59.2 Å². The van der Waals surface area contributed by atoms with Crippen LogP contribution in [0.1, 0.15) is 65.7 Å². The average Bonchev–Trinajstić information content (AvgIpc) is 3.16. The number of aliphatic hydroxyl groups is 1. The molecule has 4 nitrogen and oxygen atoms in total. The average molecular weight is 346 g/mol. The minimum Gasteiger partial charge on any atom is -0.369 e. The molecule has 1 amide bonds. The summed E-state index contributed by atoms with van der Waals surface area (Å²) in [6.07, 6.45) is 5.45. The molecule has 3 aromatic rings. The molecule has 1 aromatic heterocycles. The van der Waals surface area contributed by atoms with Crippen LogP contribution in [0.5, 0.6) is 0 Å². The normalized spacial score (nSPS) is 19.5. The summed E-state index contributed by atoms with van der Waals surface area (Å²) in [7, 11) is 0. The Morgan fingerprint density at radius 1 is 1.08 bits per heavy atom. The van der Waals surface area contributed by atoms with E-state index in [0.717, 1.165) is 27.7 Å². The van der Waals surface area contributed by atoms with Crippen LogP contribution >= 0.6 is 0 Å². The number of aromatic nitrogens is 1. The number of rotatable bonds is 2. The lowest BCUT2D eigenvalue weighted by Crippen LogP contribution is -2.11. The molecule has 1 unspecified atom stereocenters. The second-order valence-corrected chi connectivity index (χ2v) is 7.52. The molecule has 5 rings (SSSR count).